The highest BCUT2D eigenvalue weighted by Crippen LogP contribution is 2.28. The summed E-state index contributed by atoms with van der Waals surface area (Å²) < 4.78 is 40.8. The number of sulfonamides is 1. The molecule has 0 saturated heterocycles. The van der Waals surface area contributed by atoms with Crippen molar-refractivity contribution < 1.29 is 22.7 Å². The maximum Gasteiger partial charge on any atom is 0.307 e. The number of halogens is 1. The summed E-state index contributed by atoms with van der Waals surface area (Å²) in [4.78, 5) is 10.6. The summed E-state index contributed by atoms with van der Waals surface area (Å²) >= 11 is 0. The van der Waals surface area contributed by atoms with Crippen molar-refractivity contribution in [2.24, 2.45) is 5.92 Å². The third-order valence-corrected chi connectivity index (χ3v) is 5.66. The Morgan fingerprint density at radius 3 is 2.39 bits per heavy atom. The lowest BCUT2D eigenvalue weighted by atomic mass is 9.86. The first-order valence-electron chi connectivity index (χ1n) is 7.83. The summed E-state index contributed by atoms with van der Waals surface area (Å²) in [5.74, 6) is -1.05. The molecule has 0 heterocycles. The van der Waals surface area contributed by atoms with Gasteiger partial charge in [0, 0.05) is 6.54 Å². The summed E-state index contributed by atoms with van der Waals surface area (Å²) in [6.45, 7) is -0.218. The van der Waals surface area contributed by atoms with Crippen LogP contribution in [0.15, 0.2) is 29.2 Å². The molecule has 1 fully saturated rings. The summed E-state index contributed by atoms with van der Waals surface area (Å²) in [7, 11) is -3.78. The Bertz CT molecular complexity index is 624. The quantitative estimate of drug-likeness (QED) is 0.797. The highest BCUT2D eigenvalue weighted by molar-refractivity contribution is 7.89. The molecular weight excluding hydrogens is 321 g/mol. The van der Waals surface area contributed by atoms with Gasteiger partial charge in [-0.2, -0.15) is 0 Å². The van der Waals surface area contributed by atoms with E-state index >= 15 is 0 Å². The molecule has 0 radical (unpaired) electrons. The molecule has 2 rings (SSSR count). The number of aliphatic carboxylic acids is 1. The molecule has 1 aromatic carbocycles. The van der Waals surface area contributed by atoms with E-state index in [-0.39, 0.29) is 23.8 Å². The molecule has 5 nitrogen and oxygen atoms in total. The first-order chi connectivity index (χ1) is 10.9. The van der Waals surface area contributed by atoms with Crippen LogP contribution in [0.25, 0.3) is 0 Å². The average molecular weight is 343 g/mol. The van der Waals surface area contributed by atoms with Gasteiger partial charge in [0.15, 0.2) is 0 Å². The maximum atomic E-state index is 14.2. The molecule has 1 aliphatic rings. The molecule has 2 N–H and O–H groups in total. The zero-order valence-corrected chi connectivity index (χ0v) is 13.7. The van der Waals surface area contributed by atoms with E-state index in [1.165, 1.54) is 24.3 Å². The Morgan fingerprint density at radius 1 is 1.22 bits per heavy atom. The van der Waals surface area contributed by atoms with Crippen molar-refractivity contribution in [2.75, 3.05) is 6.54 Å². The molecule has 0 spiro atoms. The van der Waals surface area contributed by atoms with Crippen LogP contribution in [0.2, 0.25) is 0 Å². The largest absolute Gasteiger partial charge is 0.481 e. The zero-order chi connectivity index (χ0) is 16.9. The van der Waals surface area contributed by atoms with Crippen LogP contribution in [0.1, 0.15) is 37.7 Å². The normalized spacial score (nSPS) is 17.8. The Kier molecular flexibility index (Phi) is 6.12. The van der Waals surface area contributed by atoms with Gasteiger partial charge in [0.1, 0.15) is 6.17 Å². The first-order valence-corrected chi connectivity index (χ1v) is 9.31. The summed E-state index contributed by atoms with van der Waals surface area (Å²) in [6.07, 6.45) is 3.42. The van der Waals surface area contributed by atoms with E-state index < -0.39 is 22.2 Å². The van der Waals surface area contributed by atoms with E-state index in [0.29, 0.717) is 5.56 Å². The van der Waals surface area contributed by atoms with Crippen LogP contribution in [-0.2, 0) is 21.2 Å². The van der Waals surface area contributed by atoms with E-state index in [4.69, 9.17) is 5.11 Å². The summed E-state index contributed by atoms with van der Waals surface area (Å²) in [6, 6.07) is 5.59. The average Bonchev–Trinajstić information content (AvgIpc) is 2.53. The number of hydrogen-bond donors (Lipinski definition) is 2. The minimum Gasteiger partial charge on any atom is -0.481 e. The van der Waals surface area contributed by atoms with Gasteiger partial charge in [-0.3, -0.25) is 4.79 Å². The molecule has 7 heteroatoms. The van der Waals surface area contributed by atoms with Gasteiger partial charge >= 0.3 is 5.97 Å². The Balaban J connectivity index is 1.94. The zero-order valence-electron chi connectivity index (χ0n) is 12.9. The second-order valence-electron chi connectivity index (χ2n) is 5.98. The maximum absolute atomic E-state index is 14.2. The molecule has 128 valence electrons. The van der Waals surface area contributed by atoms with Gasteiger partial charge in [0.25, 0.3) is 0 Å². The fourth-order valence-electron chi connectivity index (χ4n) is 2.90. The van der Waals surface area contributed by atoms with E-state index in [9.17, 15) is 17.6 Å². The van der Waals surface area contributed by atoms with Crippen molar-refractivity contribution in [3.63, 3.8) is 0 Å². The summed E-state index contributed by atoms with van der Waals surface area (Å²) in [5, 5.41) is 8.69. The number of rotatable bonds is 7. The number of carbonyl (C=O) groups is 1. The molecule has 0 bridgehead atoms. The number of benzene rings is 1. The standard InChI is InChI=1S/C16H22FNO4S/c17-15(13-4-2-1-3-5-13)11-18-23(21,22)14-8-6-12(7-9-14)10-16(19)20/h6-9,13,15,18H,1-5,10-11H2,(H,19,20). The molecule has 0 aromatic heterocycles. The van der Waals surface area contributed by atoms with E-state index in [1.807, 2.05) is 0 Å². The van der Waals surface area contributed by atoms with Gasteiger partial charge in [-0.05, 0) is 36.5 Å². The van der Waals surface area contributed by atoms with E-state index in [1.54, 1.807) is 0 Å². The predicted octanol–water partition coefficient (Wildman–Crippen LogP) is 2.51. The van der Waals surface area contributed by atoms with Gasteiger partial charge in [-0.15, -0.1) is 0 Å². The molecule has 1 aliphatic carbocycles. The fraction of sp³-hybridized carbons (Fsp3) is 0.562. The Hall–Kier alpha value is -1.47. The smallest absolute Gasteiger partial charge is 0.307 e. The van der Waals surface area contributed by atoms with Gasteiger partial charge in [-0.1, -0.05) is 31.4 Å². The fourth-order valence-corrected chi connectivity index (χ4v) is 3.94. The molecule has 0 amide bonds. The van der Waals surface area contributed by atoms with Crippen LogP contribution in [-0.4, -0.2) is 32.2 Å². The molecule has 1 atom stereocenters. The van der Waals surface area contributed by atoms with Crippen molar-refractivity contribution >= 4 is 16.0 Å². The lowest BCUT2D eigenvalue weighted by Crippen LogP contribution is -2.34. The lowest BCUT2D eigenvalue weighted by Gasteiger charge is -2.25. The van der Waals surface area contributed by atoms with Gasteiger partial charge in [0.05, 0.1) is 11.3 Å². The van der Waals surface area contributed by atoms with Crippen LogP contribution < -0.4 is 4.72 Å². The summed E-state index contributed by atoms with van der Waals surface area (Å²) in [5.41, 5.74) is 0.516. The number of alkyl halides is 1. The van der Waals surface area contributed by atoms with Crippen LogP contribution in [0.4, 0.5) is 4.39 Å². The number of nitrogens with one attached hydrogen (secondary N) is 1. The number of carboxylic acid groups (broad SMARTS) is 1. The highest BCUT2D eigenvalue weighted by atomic mass is 32.2. The van der Waals surface area contributed by atoms with Gasteiger partial charge in [0.2, 0.25) is 10.0 Å². The third kappa shape index (κ3) is 5.28. The van der Waals surface area contributed by atoms with Crippen molar-refractivity contribution in [3.05, 3.63) is 29.8 Å². The van der Waals surface area contributed by atoms with E-state index in [2.05, 4.69) is 4.72 Å². The van der Waals surface area contributed by atoms with Crippen LogP contribution >= 0.6 is 0 Å². The molecule has 0 aliphatic heterocycles. The van der Waals surface area contributed by atoms with Crippen LogP contribution in [0, 0.1) is 5.92 Å². The van der Waals surface area contributed by atoms with E-state index in [0.717, 1.165) is 32.1 Å². The second kappa shape index (κ2) is 7.88. The molecule has 1 saturated carbocycles. The monoisotopic (exact) mass is 343 g/mol. The van der Waals surface area contributed by atoms with Crippen LogP contribution in [0.3, 0.4) is 0 Å². The van der Waals surface area contributed by atoms with Crippen molar-refractivity contribution in [2.45, 2.75) is 49.6 Å². The second-order valence-corrected chi connectivity index (χ2v) is 7.75. The van der Waals surface area contributed by atoms with Crippen molar-refractivity contribution in [3.8, 4) is 0 Å². The minimum atomic E-state index is -3.78. The topological polar surface area (TPSA) is 83.5 Å². The van der Waals surface area contributed by atoms with Crippen molar-refractivity contribution in [1.29, 1.82) is 0 Å². The predicted molar refractivity (Wildman–Crippen MR) is 84.4 cm³/mol. The first kappa shape index (κ1) is 17.9. The van der Waals surface area contributed by atoms with Gasteiger partial charge < -0.3 is 5.11 Å². The molecule has 1 aromatic rings. The lowest BCUT2D eigenvalue weighted by molar-refractivity contribution is -0.136. The van der Waals surface area contributed by atoms with Crippen LogP contribution in [0.5, 0.6) is 0 Å². The molecular formula is C16H22FNO4S. The highest BCUT2D eigenvalue weighted by Gasteiger charge is 2.25. The van der Waals surface area contributed by atoms with Crippen molar-refractivity contribution in [1.82, 2.24) is 4.72 Å². The molecule has 23 heavy (non-hydrogen) atoms. The number of carboxylic acids is 1. The minimum absolute atomic E-state index is 0.0162. The Morgan fingerprint density at radius 2 is 1.83 bits per heavy atom. The number of hydrogen-bond acceptors (Lipinski definition) is 3. The third-order valence-electron chi connectivity index (χ3n) is 4.22. The SMILES string of the molecule is O=C(O)Cc1ccc(S(=O)(=O)NCC(F)C2CCCCC2)cc1. The molecule has 1 unspecified atom stereocenters. The van der Waals surface area contributed by atoms with Gasteiger partial charge in [-0.25, -0.2) is 17.5 Å². The Labute approximate surface area is 136 Å².